The Balaban J connectivity index is 2.41. The molecule has 0 radical (unpaired) electrons. The van der Waals surface area contributed by atoms with Crippen LogP contribution in [-0.4, -0.2) is 41.9 Å². The summed E-state index contributed by atoms with van der Waals surface area (Å²) in [6, 6.07) is -0.981. The maximum Gasteiger partial charge on any atom is 0.244 e. The van der Waals surface area contributed by atoms with Crippen LogP contribution < -0.4 is 11.1 Å². The van der Waals surface area contributed by atoms with Gasteiger partial charge in [-0.3, -0.25) is 9.59 Å². The molecular formula is C13H25N3O2. The third-order valence-electron chi connectivity index (χ3n) is 3.33. The number of amides is 2. The van der Waals surface area contributed by atoms with Gasteiger partial charge in [-0.15, -0.1) is 0 Å². The van der Waals surface area contributed by atoms with E-state index in [1.54, 1.807) is 6.92 Å². The summed E-state index contributed by atoms with van der Waals surface area (Å²) in [5.74, 6) is -0.221. The molecule has 2 amide bonds. The number of rotatable bonds is 5. The predicted octanol–water partition coefficient (Wildman–Crippen LogP) is 0.631. The molecule has 0 saturated carbocycles. The van der Waals surface area contributed by atoms with Crippen molar-refractivity contribution in [2.45, 2.75) is 58.0 Å². The van der Waals surface area contributed by atoms with E-state index in [1.807, 2.05) is 11.8 Å². The molecule has 0 spiro atoms. The van der Waals surface area contributed by atoms with E-state index >= 15 is 0 Å². The average Bonchev–Trinajstić information content (AvgIpc) is 2.39. The molecule has 3 N–H and O–H groups in total. The van der Waals surface area contributed by atoms with Gasteiger partial charge >= 0.3 is 0 Å². The lowest BCUT2D eigenvalue weighted by Crippen LogP contribution is -2.52. The van der Waals surface area contributed by atoms with E-state index in [1.165, 1.54) is 6.42 Å². The van der Waals surface area contributed by atoms with E-state index in [4.69, 9.17) is 5.73 Å². The zero-order chi connectivity index (χ0) is 13.5. The Hall–Kier alpha value is -1.10. The molecule has 0 aromatic carbocycles. The molecule has 1 unspecified atom stereocenters. The zero-order valence-corrected chi connectivity index (χ0v) is 11.4. The Morgan fingerprint density at radius 2 is 1.89 bits per heavy atom. The van der Waals surface area contributed by atoms with Crippen molar-refractivity contribution < 1.29 is 9.59 Å². The van der Waals surface area contributed by atoms with Crippen molar-refractivity contribution in [3.8, 4) is 0 Å². The van der Waals surface area contributed by atoms with Gasteiger partial charge in [0.05, 0.1) is 6.04 Å². The summed E-state index contributed by atoms with van der Waals surface area (Å²) in [7, 11) is 0. The Kier molecular flexibility index (Phi) is 6.12. The van der Waals surface area contributed by atoms with Crippen LogP contribution in [0.2, 0.25) is 0 Å². The third-order valence-corrected chi connectivity index (χ3v) is 3.33. The molecule has 18 heavy (non-hydrogen) atoms. The van der Waals surface area contributed by atoms with E-state index in [-0.39, 0.29) is 11.8 Å². The number of nitrogens with two attached hydrogens (primary N) is 1. The van der Waals surface area contributed by atoms with Crippen LogP contribution in [0.25, 0.3) is 0 Å². The van der Waals surface area contributed by atoms with Crippen LogP contribution in [0.3, 0.4) is 0 Å². The SMILES string of the molecule is CCC[C@@H](N)C(=O)NC(C)C(=O)N1CCCCC1. The van der Waals surface area contributed by atoms with Crippen molar-refractivity contribution in [2.75, 3.05) is 13.1 Å². The molecular weight excluding hydrogens is 230 g/mol. The summed E-state index contributed by atoms with van der Waals surface area (Å²) in [6.45, 7) is 5.32. The highest BCUT2D eigenvalue weighted by Gasteiger charge is 2.24. The number of hydrogen-bond donors (Lipinski definition) is 2. The van der Waals surface area contributed by atoms with Crippen molar-refractivity contribution in [2.24, 2.45) is 5.73 Å². The lowest BCUT2D eigenvalue weighted by molar-refractivity contribution is -0.137. The molecule has 5 nitrogen and oxygen atoms in total. The van der Waals surface area contributed by atoms with Gasteiger partial charge in [-0.2, -0.15) is 0 Å². The number of carbonyl (C=O) groups excluding carboxylic acids is 2. The minimum atomic E-state index is -0.508. The fourth-order valence-electron chi connectivity index (χ4n) is 2.21. The van der Waals surface area contributed by atoms with Crippen LogP contribution >= 0.6 is 0 Å². The van der Waals surface area contributed by atoms with E-state index < -0.39 is 12.1 Å². The number of piperidine rings is 1. The van der Waals surface area contributed by atoms with Gasteiger partial charge in [-0.25, -0.2) is 0 Å². The predicted molar refractivity (Wildman–Crippen MR) is 70.9 cm³/mol. The second-order valence-corrected chi connectivity index (χ2v) is 5.01. The summed E-state index contributed by atoms with van der Waals surface area (Å²) in [5.41, 5.74) is 5.72. The Morgan fingerprint density at radius 1 is 1.28 bits per heavy atom. The number of carbonyl (C=O) groups is 2. The standard InChI is InChI=1S/C13H25N3O2/c1-3-7-11(14)12(17)15-10(2)13(18)16-8-5-4-6-9-16/h10-11H,3-9,14H2,1-2H3,(H,15,17)/t10?,11-/m1/s1. The highest BCUT2D eigenvalue weighted by Crippen LogP contribution is 2.10. The fraction of sp³-hybridized carbons (Fsp3) is 0.846. The minimum absolute atomic E-state index is 0.00625. The third kappa shape index (κ3) is 4.29. The normalized spacial score (nSPS) is 19.2. The van der Waals surface area contributed by atoms with Crippen LogP contribution in [0, 0.1) is 0 Å². The molecule has 0 aromatic heterocycles. The number of nitrogens with one attached hydrogen (secondary N) is 1. The fourth-order valence-corrected chi connectivity index (χ4v) is 2.21. The maximum absolute atomic E-state index is 12.1. The lowest BCUT2D eigenvalue weighted by Gasteiger charge is -2.29. The molecule has 0 bridgehead atoms. The average molecular weight is 255 g/mol. The van der Waals surface area contributed by atoms with Crippen molar-refractivity contribution in [1.82, 2.24) is 10.2 Å². The van der Waals surface area contributed by atoms with Gasteiger partial charge in [-0.1, -0.05) is 13.3 Å². The first-order valence-electron chi connectivity index (χ1n) is 6.91. The summed E-state index contributed by atoms with van der Waals surface area (Å²) in [4.78, 5) is 25.6. The molecule has 0 aliphatic carbocycles. The van der Waals surface area contributed by atoms with Gasteiger partial charge in [0, 0.05) is 13.1 Å². The first-order chi connectivity index (χ1) is 8.56. The molecule has 1 rings (SSSR count). The Morgan fingerprint density at radius 3 is 2.44 bits per heavy atom. The van der Waals surface area contributed by atoms with Crippen LogP contribution in [0.15, 0.2) is 0 Å². The van der Waals surface area contributed by atoms with E-state index in [9.17, 15) is 9.59 Å². The highest BCUT2D eigenvalue weighted by molar-refractivity contribution is 5.89. The van der Waals surface area contributed by atoms with Gasteiger partial charge in [0.2, 0.25) is 11.8 Å². The first kappa shape index (κ1) is 15.0. The largest absolute Gasteiger partial charge is 0.343 e. The molecule has 104 valence electrons. The molecule has 1 aliphatic rings. The van der Waals surface area contributed by atoms with Crippen molar-refractivity contribution in [3.63, 3.8) is 0 Å². The van der Waals surface area contributed by atoms with Gasteiger partial charge in [0.1, 0.15) is 6.04 Å². The first-order valence-corrected chi connectivity index (χ1v) is 6.91. The van der Waals surface area contributed by atoms with Crippen LogP contribution in [0.1, 0.15) is 46.0 Å². The van der Waals surface area contributed by atoms with Crippen molar-refractivity contribution in [3.05, 3.63) is 0 Å². The Labute approximate surface area is 109 Å². The molecule has 1 aliphatic heterocycles. The van der Waals surface area contributed by atoms with Gasteiger partial charge in [0.15, 0.2) is 0 Å². The summed E-state index contributed by atoms with van der Waals surface area (Å²) in [5, 5.41) is 2.71. The molecule has 0 aromatic rings. The van der Waals surface area contributed by atoms with Gasteiger partial charge < -0.3 is 16.0 Å². The quantitative estimate of drug-likeness (QED) is 0.756. The summed E-state index contributed by atoms with van der Waals surface area (Å²) < 4.78 is 0. The van der Waals surface area contributed by atoms with Crippen LogP contribution in [0.5, 0.6) is 0 Å². The topological polar surface area (TPSA) is 75.4 Å². The smallest absolute Gasteiger partial charge is 0.244 e. The highest BCUT2D eigenvalue weighted by atomic mass is 16.2. The number of nitrogens with zero attached hydrogens (tertiary/aromatic N) is 1. The van der Waals surface area contributed by atoms with Crippen LogP contribution in [0.4, 0.5) is 0 Å². The second-order valence-electron chi connectivity index (χ2n) is 5.01. The maximum atomic E-state index is 12.1. The van der Waals surface area contributed by atoms with E-state index in [0.29, 0.717) is 6.42 Å². The molecule has 1 fully saturated rings. The van der Waals surface area contributed by atoms with Gasteiger partial charge in [-0.05, 0) is 32.6 Å². The summed E-state index contributed by atoms with van der Waals surface area (Å²) >= 11 is 0. The van der Waals surface area contributed by atoms with Crippen LogP contribution in [-0.2, 0) is 9.59 Å². The number of likely N-dealkylation sites (tertiary alicyclic amines) is 1. The molecule has 5 heteroatoms. The minimum Gasteiger partial charge on any atom is -0.343 e. The molecule has 2 atom stereocenters. The van der Waals surface area contributed by atoms with Gasteiger partial charge in [0.25, 0.3) is 0 Å². The zero-order valence-electron chi connectivity index (χ0n) is 11.4. The number of hydrogen-bond acceptors (Lipinski definition) is 3. The molecule has 1 heterocycles. The molecule has 1 saturated heterocycles. The van der Waals surface area contributed by atoms with E-state index in [2.05, 4.69) is 5.32 Å². The second kappa shape index (κ2) is 7.36. The Bertz CT molecular complexity index is 288. The van der Waals surface area contributed by atoms with E-state index in [0.717, 1.165) is 32.4 Å². The lowest BCUT2D eigenvalue weighted by atomic mass is 10.1. The van der Waals surface area contributed by atoms with Crippen molar-refractivity contribution in [1.29, 1.82) is 0 Å². The van der Waals surface area contributed by atoms with Crippen molar-refractivity contribution >= 4 is 11.8 Å². The monoisotopic (exact) mass is 255 g/mol. The summed E-state index contributed by atoms with van der Waals surface area (Å²) in [6.07, 6.45) is 4.81.